The van der Waals surface area contributed by atoms with E-state index in [4.69, 9.17) is 5.11 Å². The fourth-order valence-corrected chi connectivity index (χ4v) is 0.862. The Labute approximate surface area is 68.8 Å². The van der Waals surface area contributed by atoms with Gasteiger partial charge in [-0.2, -0.15) is 13.2 Å². The van der Waals surface area contributed by atoms with Crippen LogP contribution >= 0.6 is 0 Å². The van der Waals surface area contributed by atoms with E-state index in [9.17, 15) is 13.2 Å². The van der Waals surface area contributed by atoms with Crippen molar-refractivity contribution in [2.75, 3.05) is 13.1 Å². The number of nitrogens with one attached hydrogen (secondary N) is 1. The Morgan fingerprint density at radius 3 is 2.42 bits per heavy atom. The summed E-state index contributed by atoms with van der Waals surface area (Å²) in [5.41, 5.74) is 0. The molecular formula is C7H12F3NO. The molecule has 1 unspecified atom stereocenters. The molecule has 0 amide bonds. The van der Waals surface area contributed by atoms with Gasteiger partial charge in [-0.25, -0.2) is 0 Å². The fourth-order valence-electron chi connectivity index (χ4n) is 0.862. The molecule has 12 heavy (non-hydrogen) atoms. The van der Waals surface area contributed by atoms with Gasteiger partial charge < -0.3 is 10.4 Å². The van der Waals surface area contributed by atoms with E-state index in [1.165, 1.54) is 0 Å². The Bertz CT molecular complexity index is 144. The lowest BCUT2D eigenvalue weighted by molar-refractivity contribution is -0.201. The molecule has 2 nitrogen and oxygen atoms in total. The Kier molecular flexibility index (Phi) is 2.95. The summed E-state index contributed by atoms with van der Waals surface area (Å²) in [5.74, 6) is 0.533. The van der Waals surface area contributed by atoms with Crippen molar-refractivity contribution in [2.45, 2.75) is 25.1 Å². The van der Waals surface area contributed by atoms with Gasteiger partial charge in [0.2, 0.25) is 0 Å². The van der Waals surface area contributed by atoms with Gasteiger partial charge >= 0.3 is 6.18 Å². The number of hydrogen-bond acceptors (Lipinski definition) is 2. The van der Waals surface area contributed by atoms with Crippen molar-refractivity contribution in [1.82, 2.24) is 5.32 Å². The van der Waals surface area contributed by atoms with Crippen molar-refractivity contribution in [1.29, 1.82) is 0 Å². The van der Waals surface area contributed by atoms with E-state index in [0.717, 1.165) is 12.8 Å². The van der Waals surface area contributed by atoms with E-state index in [1.54, 1.807) is 0 Å². The molecule has 0 heterocycles. The van der Waals surface area contributed by atoms with E-state index in [0.29, 0.717) is 12.5 Å². The first kappa shape index (κ1) is 9.80. The third-order valence-corrected chi connectivity index (χ3v) is 1.85. The largest absolute Gasteiger partial charge is 0.415 e. The Balaban J connectivity index is 2.04. The lowest BCUT2D eigenvalue weighted by Gasteiger charge is -2.14. The highest BCUT2D eigenvalue weighted by atomic mass is 19.4. The Hall–Kier alpha value is -0.290. The molecular weight excluding hydrogens is 171 g/mol. The molecule has 5 heteroatoms. The highest BCUT2D eigenvalue weighted by Gasteiger charge is 2.37. The van der Waals surface area contributed by atoms with Crippen molar-refractivity contribution in [3.8, 4) is 0 Å². The smallest absolute Gasteiger partial charge is 0.382 e. The lowest BCUT2D eigenvalue weighted by atomic mass is 10.3. The van der Waals surface area contributed by atoms with Crippen molar-refractivity contribution in [3.05, 3.63) is 0 Å². The number of halogens is 3. The van der Waals surface area contributed by atoms with Gasteiger partial charge in [-0.1, -0.05) is 0 Å². The molecule has 0 radical (unpaired) electrons. The summed E-state index contributed by atoms with van der Waals surface area (Å²) in [6.07, 6.45) is -4.53. The second kappa shape index (κ2) is 3.62. The van der Waals surface area contributed by atoms with E-state index < -0.39 is 12.3 Å². The normalized spacial score (nSPS) is 21.0. The SMILES string of the molecule is OC(CNCC1CC1)C(F)(F)F. The zero-order valence-corrected chi connectivity index (χ0v) is 6.56. The molecule has 1 rings (SSSR count). The first-order chi connectivity index (χ1) is 5.50. The summed E-state index contributed by atoms with van der Waals surface area (Å²) in [5, 5.41) is 11.1. The number of hydrogen-bond donors (Lipinski definition) is 2. The first-order valence-corrected chi connectivity index (χ1v) is 3.95. The van der Waals surface area contributed by atoms with Crippen LogP contribution in [-0.4, -0.2) is 30.5 Å². The molecule has 0 spiro atoms. The highest BCUT2D eigenvalue weighted by Crippen LogP contribution is 2.27. The monoisotopic (exact) mass is 183 g/mol. The average molecular weight is 183 g/mol. The fraction of sp³-hybridized carbons (Fsp3) is 1.00. The van der Waals surface area contributed by atoms with Crippen LogP contribution in [0.15, 0.2) is 0 Å². The molecule has 0 saturated heterocycles. The maximum atomic E-state index is 11.7. The molecule has 0 aromatic carbocycles. The highest BCUT2D eigenvalue weighted by molar-refractivity contribution is 4.77. The molecule has 0 bridgehead atoms. The van der Waals surface area contributed by atoms with Crippen molar-refractivity contribution >= 4 is 0 Å². The molecule has 1 aliphatic carbocycles. The number of rotatable bonds is 4. The summed E-state index contributed by atoms with van der Waals surface area (Å²) in [4.78, 5) is 0. The van der Waals surface area contributed by atoms with Gasteiger partial charge in [-0.05, 0) is 25.3 Å². The molecule has 0 aromatic heterocycles. The standard InChI is InChI=1S/C7H12F3NO/c8-7(9,10)6(12)4-11-3-5-1-2-5/h5-6,11-12H,1-4H2. The van der Waals surface area contributed by atoms with Crippen LogP contribution in [0.3, 0.4) is 0 Å². The summed E-state index contributed by atoms with van der Waals surface area (Å²) in [7, 11) is 0. The molecule has 72 valence electrons. The van der Waals surface area contributed by atoms with Gasteiger partial charge in [0.1, 0.15) is 0 Å². The van der Waals surface area contributed by atoms with Gasteiger partial charge in [-0.3, -0.25) is 0 Å². The second-order valence-corrected chi connectivity index (χ2v) is 3.16. The van der Waals surface area contributed by atoms with Crippen LogP contribution in [0.1, 0.15) is 12.8 Å². The maximum Gasteiger partial charge on any atom is 0.415 e. The van der Waals surface area contributed by atoms with Gasteiger partial charge in [0, 0.05) is 6.54 Å². The van der Waals surface area contributed by atoms with Crippen LogP contribution in [0, 0.1) is 5.92 Å². The van der Waals surface area contributed by atoms with Crippen LogP contribution in [0.5, 0.6) is 0 Å². The average Bonchev–Trinajstić information content (AvgIpc) is 2.69. The Morgan fingerprint density at radius 1 is 1.42 bits per heavy atom. The summed E-state index contributed by atoms with van der Waals surface area (Å²) in [6.45, 7) is 0.202. The van der Waals surface area contributed by atoms with Crippen LogP contribution in [0.25, 0.3) is 0 Å². The maximum absolute atomic E-state index is 11.7. The molecule has 2 N–H and O–H groups in total. The lowest BCUT2D eigenvalue weighted by Crippen LogP contribution is -2.38. The van der Waals surface area contributed by atoms with Crippen molar-refractivity contribution < 1.29 is 18.3 Å². The minimum atomic E-state index is -4.49. The number of aliphatic hydroxyl groups excluding tert-OH is 1. The predicted molar refractivity (Wildman–Crippen MR) is 37.7 cm³/mol. The van der Waals surface area contributed by atoms with Gasteiger partial charge in [0.05, 0.1) is 0 Å². The van der Waals surface area contributed by atoms with Gasteiger partial charge in [-0.15, -0.1) is 0 Å². The minimum absolute atomic E-state index is 0.389. The summed E-state index contributed by atoms with van der Waals surface area (Å²) < 4.78 is 35.1. The zero-order valence-electron chi connectivity index (χ0n) is 6.56. The first-order valence-electron chi connectivity index (χ1n) is 3.95. The Morgan fingerprint density at radius 2 is 2.00 bits per heavy atom. The van der Waals surface area contributed by atoms with Gasteiger partial charge in [0.25, 0.3) is 0 Å². The summed E-state index contributed by atoms with van der Waals surface area (Å²) in [6, 6.07) is 0. The molecule has 1 saturated carbocycles. The third-order valence-electron chi connectivity index (χ3n) is 1.85. The van der Waals surface area contributed by atoms with E-state index in [2.05, 4.69) is 5.32 Å². The topological polar surface area (TPSA) is 32.3 Å². The molecule has 1 aliphatic rings. The van der Waals surface area contributed by atoms with Gasteiger partial charge in [0.15, 0.2) is 6.10 Å². The quantitative estimate of drug-likeness (QED) is 0.679. The van der Waals surface area contributed by atoms with Crippen molar-refractivity contribution in [3.63, 3.8) is 0 Å². The van der Waals surface area contributed by atoms with E-state index >= 15 is 0 Å². The molecule has 0 aromatic rings. The number of aliphatic hydroxyl groups is 1. The van der Waals surface area contributed by atoms with E-state index in [1.807, 2.05) is 0 Å². The van der Waals surface area contributed by atoms with Crippen LogP contribution in [-0.2, 0) is 0 Å². The molecule has 1 atom stereocenters. The molecule has 0 aliphatic heterocycles. The second-order valence-electron chi connectivity index (χ2n) is 3.16. The predicted octanol–water partition coefficient (Wildman–Crippen LogP) is 0.909. The van der Waals surface area contributed by atoms with E-state index in [-0.39, 0.29) is 6.54 Å². The summed E-state index contributed by atoms with van der Waals surface area (Å²) >= 11 is 0. The number of alkyl halides is 3. The minimum Gasteiger partial charge on any atom is -0.382 e. The van der Waals surface area contributed by atoms with Crippen molar-refractivity contribution in [2.24, 2.45) is 5.92 Å². The van der Waals surface area contributed by atoms with Crippen LogP contribution in [0.4, 0.5) is 13.2 Å². The third kappa shape index (κ3) is 3.40. The van der Waals surface area contributed by atoms with Crippen LogP contribution < -0.4 is 5.32 Å². The van der Waals surface area contributed by atoms with Crippen LogP contribution in [0.2, 0.25) is 0 Å². The molecule has 1 fully saturated rings. The zero-order chi connectivity index (χ0) is 9.19.